The Labute approximate surface area is 138 Å². The summed E-state index contributed by atoms with van der Waals surface area (Å²) in [5.41, 5.74) is 3.34. The van der Waals surface area contributed by atoms with Crippen LogP contribution in [0, 0.1) is 11.3 Å². The summed E-state index contributed by atoms with van der Waals surface area (Å²) < 4.78 is 6.45. The summed E-state index contributed by atoms with van der Waals surface area (Å²) in [5, 5.41) is 13.4. The van der Waals surface area contributed by atoms with Gasteiger partial charge in [-0.3, -0.25) is 0 Å². The van der Waals surface area contributed by atoms with Crippen molar-refractivity contribution in [3.05, 3.63) is 77.4 Å². The fourth-order valence-electron chi connectivity index (χ4n) is 2.37. The van der Waals surface area contributed by atoms with E-state index in [0.717, 1.165) is 16.8 Å². The summed E-state index contributed by atoms with van der Waals surface area (Å²) in [6, 6.07) is 13.4. The molecule has 3 aromatic rings. The molecule has 0 atom stereocenters. The van der Waals surface area contributed by atoms with E-state index in [2.05, 4.69) is 20.9 Å². The minimum atomic E-state index is -0.519. The van der Waals surface area contributed by atoms with Crippen LogP contribution in [0.25, 0.3) is 5.69 Å². The first-order chi connectivity index (χ1) is 11.7. The molecule has 0 amide bonds. The van der Waals surface area contributed by atoms with Gasteiger partial charge in [0, 0.05) is 18.6 Å². The molecule has 0 radical (unpaired) electrons. The van der Waals surface area contributed by atoms with Gasteiger partial charge in [0.05, 0.1) is 18.4 Å². The van der Waals surface area contributed by atoms with E-state index in [4.69, 9.17) is 0 Å². The first-order valence-corrected chi connectivity index (χ1v) is 7.27. The van der Waals surface area contributed by atoms with Crippen molar-refractivity contribution in [1.29, 1.82) is 5.26 Å². The summed E-state index contributed by atoms with van der Waals surface area (Å²) in [6.45, 7) is 0. The molecule has 0 bridgehead atoms. The van der Waals surface area contributed by atoms with Gasteiger partial charge in [0.15, 0.2) is 0 Å². The van der Waals surface area contributed by atoms with Crippen LogP contribution in [-0.2, 0) is 11.2 Å². The van der Waals surface area contributed by atoms with E-state index in [1.54, 1.807) is 16.9 Å². The van der Waals surface area contributed by atoms with Crippen LogP contribution in [0.5, 0.6) is 0 Å². The molecular weight excluding hydrogens is 304 g/mol. The van der Waals surface area contributed by atoms with Gasteiger partial charge in [-0.05, 0) is 41.8 Å². The fourth-order valence-corrected chi connectivity index (χ4v) is 2.37. The molecule has 0 saturated heterocycles. The topological polar surface area (TPSA) is 80.8 Å². The SMILES string of the molecule is COC(=O)c1cc(Cc2ccc(-n3cccn3)cc2)c(C#N)cn1. The second kappa shape index (κ2) is 6.75. The molecule has 0 unspecified atom stereocenters. The van der Waals surface area contributed by atoms with Crippen molar-refractivity contribution in [3.63, 3.8) is 0 Å². The largest absolute Gasteiger partial charge is 0.464 e. The lowest BCUT2D eigenvalue weighted by atomic mass is 10.0. The predicted octanol–water partition coefficient (Wildman–Crippen LogP) is 2.52. The van der Waals surface area contributed by atoms with Crippen LogP contribution in [-0.4, -0.2) is 27.8 Å². The van der Waals surface area contributed by atoms with Gasteiger partial charge < -0.3 is 4.74 Å². The second-order valence-electron chi connectivity index (χ2n) is 5.12. The molecule has 1 aromatic carbocycles. The maximum atomic E-state index is 11.6. The second-order valence-corrected chi connectivity index (χ2v) is 5.12. The van der Waals surface area contributed by atoms with Crippen LogP contribution in [0.1, 0.15) is 27.2 Å². The average Bonchev–Trinajstić information content (AvgIpc) is 3.16. The van der Waals surface area contributed by atoms with Crippen molar-refractivity contribution in [3.8, 4) is 11.8 Å². The van der Waals surface area contributed by atoms with E-state index in [0.29, 0.717) is 12.0 Å². The molecule has 0 aliphatic rings. The minimum Gasteiger partial charge on any atom is -0.464 e. The molecule has 24 heavy (non-hydrogen) atoms. The zero-order valence-electron chi connectivity index (χ0n) is 13.0. The van der Waals surface area contributed by atoms with Crippen LogP contribution in [0.4, 0.5) is 0 Å². The Morgan fingerprint density at radius 3 is 2.75 bits per heavy atom. The molecule has 6 heteroatoms. The highest BCUT2D eigenvalue weighted by molar-refractivity contribution is 5.87. The Kier molecular flexibility index (Phi) is 4.34. The molecule has 0 saturated carbocycles. The molecule has 0 aliphatic heterocycles. The third-order valence-electron chi connectivity index (χ3n) is 3.60. The lowest BCUT2D eigenvalue weighted by Gasteiger charge is -2.07. The molecule has 3 rings (SSSR count). The van der Waals surface area contributed by atoms with Gasteiger partial charge in [-0.25, -0.2) is 14.5 Å². The third kappa shape index (κ3) is 3.15. The number of benzene rings is 1. The van der Waals surface area contributed by atoms with Gasteiger partial charge in [-0.2, -0.15) is 10.4 Å². The lowest BCUT2D eigenvalue weighted by Crippen LogP contribution is -2.06. The van der Waals surface area contributed by atoms with Gasteiger partial charge in [-0.1, -0.05) is 12.1 Å². The molecule has 0 aliphatic carbocycles. The van der Waals surface area contributed by atoms with Crippen LogP contribution in [0.15, 0.2) is 55.0 Å². The molecule has 118 valence electrons. The van der Waals surface area contributed by atoms with Gasteiger partial charge in [-0.15, -0.1) is 0 Å². The Morgan fingerprint density at radius 1 is 1.33 bits per heavy atom. The monoisotopic (exact) mass is 318 g/mol. The van der Waals surface area contributed by atoms with Crippen molar-refractivity contribution in [2.45, 2.75) is 6.42 Å². The zero-order valence-corrected chi connectivity index (χ0v) is 13.0. The van der Waals surface area contributed by atoms with Gasteiger partial charge >= 0.3 is 5.97 Å². The number of pyridine rings is 1. The summed E-state index contributed by atoms with van der Waals surface area (Å²) in [5.74, 6) is -0.519. The molecule has 2 aromatic heterocycles. The number of rotatable bonds is 4. The molecule has 0 spiro atoms. The predicted molar refractivity (Wildman–Crippen MR) is 86.7 cm³/mol. The number of carbonyl (C=O) groups is 1. The number of aromatic nitrogens is 3. The molecular formula is C18H14N4O2. The highest BCUT2D eigenvalue weighted by Crippen LogP contribution is 2.17. The van der Waals surface area contributed by atoms with Crippen molar-refractivity contribution >= 4 is 5.97 Å². The number of hydrogen-bond acceptors (Lipinski definition) is 5. The quantitative estimate of drug-likeness (QED) is 0.690. The van der Waals surface area contributed by atoms with Crippen molar-refractivity contribution in [1.82, 2.24) is 14.8 Å². The van der Waals surface area contributed by atoms with Crippen molar-refractivity contribution < 1.29 is 9.53 Å². The number of nitriles is 1. The highest BCUT2D eigenvalue weighted by atomic mass is 16.5. The van der Waals surface area contributed by atoms with Crippen LogP contribution >= 0.6 is 0 Å². The number of esters is 1. The van der Waals surface area contributed by atoms with Gasteiger partial charge in [0.25, 0.3) is 0 Å². The van der Waals surface area contributed by atoms with E-state index in [-0.39, 0.29) is 5.69 Å². The van der Waals surface area contributed by atoms with E-state index in [1.807, 2.05) is 36.5 Å². The Morgan fingerprint density at radius 2 is 2.12 bits per heavy atom. The molecule has 6 nitrogen and oxygen atoms in total. The van der Waals surface area contributed by atoms with Crippen molar-refractivity contribution in [2.24, 2.45) is 0 Å². The summed E-state index contributed by atoms with van der Waals surface area (Å²) in [4.78, 5) is 15.6. The molecule has 0 N–H and O–H groups in total. The molecule has 2 heterocycles. The standard InChI is InChI=1S/C18H14N4O2/c1-24-18(23)17-10-14(15(11-19)12-20-17)9-13-3-5-16(6-4-13)22-8-2-7-21-22/h2-8,10,12H,9H2,1H3. The van der Waals surface area contributed by atoms with Gasteiger partial charge in [0.1, 0.15) is 11.8 Å². The minimum absolute atomic E-state index is 0.194. The maximum absolute atomic E-state index is 11.6. The Bertz CT molecular complexity index is 894. The number of methoxy groups -OCH3 is 1. The van der Waals surface area contributed by atoms with Crippen molar-refractivity contribution in [2.75, 3.05) is 7.11 Å². The van der Waals surface area contributed by atoms with Gasteiger partial charge in [0.2, 0.25) is 0 Å². The van der Waals surface area contributed by atoms with Crippen LogP contribution < -0.4 is 0 Å². The summed E-state index contributed by atoms with van der Waals surface area (Å²) in [6.07, 6.45) is 5.52. The number of hydrogen-bond donors (Lipinski definition) is 0. The smallest absolute Gasteiger partial charge is 0.356 e. The lowest BCUT2D eigenvalue weighted by molar-refractivity contribution is 0.0594. The Hall–Kier alpha value is -3.46. The van der Waals surface area contributed by atoms with E-state index < -0.39 is 5.97 Å². The number of nitrogens with zero attached hydrogens (tertiary/aromatic N) is 4. The summed E-state index contributed by atoms with van der Waals surface area (Å²) >= 11 is 0. The van der Waals surface area contributed by atoms with E-state index >= 15 is 0 Å². The number of carbonyl (C=O) groups excluding carboxylic acids is 1. The first kappa shape index (κ1) is 15.4. The highest BCUT2D eigenvalue weighted by Gasteiger charge is 2.12. The molecule has 0 fully saturated rings. The van der Waals surface area contributed by atoms with Crippen LogP contribution in [0.3, 0.4) is 0 Å². The summed E-state index contributed by atoms with van der Waals surface area (Å²) in [7, 11) is 1.30. The third-order valence-corrected chi connectivity index (χ3v) is 3.60. The Balaban J connectivity index is 1.87. The fraction of sp³-hybridized carbons (Fsp3) is 0.111. The van der Waals surface area contributed by atoms with Crippen LogP contribution in [0.2, 0.25) is 0 Å². The first-order valence-electron chi connectivity index (χ1n) is 7.27. The maximum Gasteiger partial charge on any atom is 0.356 e. The van der Waals surface area contributed by atoms with E-state index in [9.17, 15) is 10.1 Å². The average molecular weight is 318 g/mol. The number of ether oxygens (including phenoxy) is 1. The normalized spacial score (nSPS) is 10.2. The van der Waals surface area contributed by atoms with E-state index in [1.165, 1.54) is 13.3 Å². The zero-order chi connectivity index (χ0) is 16.9.